The number of aryl methyl sites for hydroxylation is 1. The Kier molecular flexibility index (Phi) is 8.53. The summed E-state index contributed by atoms with van der Waals surface area (Å²) in [6.45, 7) is 6.94. The lowest BCUT2D eigenvalue weighted by molar-refractivity contribution is -0.182. The molecule has 0 aliphatic carbocycles. The van der Waals surface area contributed by atoms with Gasteiger partial charge in [0.15, 0.2) is 0 Å². The number of piperidine rings is 1. The summed E-state index contributed by atoms with van der Waals surface area (Å²) in [5.41, 5.74) is 4.81. The van der Waals surface area contributed by atoms with Gasteiger partial charge in [0.1, 0.15) is 11.4 Å². The van der Waals surface area contributed by atoms with Crippen molar-refractivity contribution in [2.24, 2.45) is 11.8 Å². The van der Waals surface area contributed by atoms with E-state index < -0.39 is 0 Å². The second kappa shape index (κ2) is 12.4. The lowest BCUT2D eigenvalue weighted by Gasteiger charge is -2.35. The molecule has 39 heavy (non-hydrogen) atoms. The molecule has 2 saturated heterocycles. The van der Waals surface area contributed by atoms with E-state index in [1.807, 2.05) is 24.3 Å². The van der Waals surface area contributed by atoms with E-state index in [0.29, 0.717) is 49.8 Å². The van der Waals surface area contributed by atoms with Gasteiger partial charge >= 0.3 is 6.47 Å². The average molecular weight is 533 g/mol. The van der Waals surface area contributed by atoms with E-state index in [1.54, 1.807) is 12.2 Å². The van der Waals surface area contributed by atoms with Crippen LogP contribution in [0.4, 0.5) is 0 Å². The standard InChI is InChI=1S/C29H36N6O4/c1-20-3-5-21(6-4-20)16-34-13-11-22(17-34)15-30-29(37)25-12-14-35(39-19-36)18-26(25)28-27(31-33-32-28)23-7-9-24(38-2)10-8-23/h3-10,19,22,25-26H,11-18H2,1-2H3,(H,30,37)(H,31,32,33). The number of amides is 1. The molecule has 1 aromatic heterocycles. The highest BCUT2D eigenvalue weighted by atomic mass is 16.7. The fourth-order valence-corrected chi connectivity index (χ4v) is 5.68. The van der Waals surface area contributed by atoms with Crippen LogP contribution in [-0.2, 0) is 21.0 Å². The van der Waals surface area contributed by atoms with E-state index >= 15 is 0 Å². The highest BCUT2D eigenvalue weighted by Crippen LogP contribution is 2.36. The summed E-state index contributed by atoms with van der Waals surface area (Å²) < 4.78 is 5.28. The van der Waals surface area contributed by atoms with E-state index in [4.69, 9.17) is 9.57 Å². The molecule has 0 saturated carbocycles. The molecule has 2 fully saturated rings. The van der Waals surface area contributed by atoms with Gasteiger partial charge in [-0.3, -0.25) is 14.5 Å². The third kappa shape index (κ3) is 6.46. The number of hydrogen-bond donors (Lipinski definition) is 2. The fourth-order valence-electron chi connectivity index (χ4n) is 5.68. The highest BCUT2D eigenvalue weighted by Gasteiger charge is 2.39. The Morgan fingerprint density at radius 2 is 1.87 bits per heavy atom. The van der Waals surface area contributed by atoms with E-state index in [2.05, 4.69) is 56.8 Å². The molecular formula is C29H36N6O4. The van der Waals surface area contributed by atoms with Gasteiger partial charge in [-0.15, -0.1) is 5.06 Å². The van der Waals surface area contributed by atoms with Crippen LogP contribution in [0.25, 0.3) is 11.3 Å². The number of carbonyl (C=O) groups excluding carboxylic acids is 2. The van der Waals surface area contributed by atoms with E-state index in [0.717, 1.165) is 37.4 Å². The topological polar surface area (TPSA) is 113 Å². The maximum atomic E-state index is 13.5. The van der Waals surface area contributed by atoms with Crippen molar-refractivity contribution in [3.05, 3.63) is 65.4 Å². The maximum absolute atomic E-state index is 13.5. The first-order valence-corrected chi connectivity index (χ1v) is 13.5. The molecule has 0 bridgehead atoms. The van der Waals surface area contributed by atoms with Crippen LogP contribution in [-0.4, -0.2) is 77.6 Å². The lowest BCUT2D eigenvalue weighted by atomic mass is 9.81. The summed E-state index contributed by atoms with van der Waals surface area (Å²) >= 11 is 0. The third-order valence-electron chi connectivity index (χ3n) is 7.86. The number of hydroxylamine groups is 2. The van der Waals surface area contributed by atoms with Gasteiger partial charge in [-0.05, 0) is 62.1 Å². The molecule has 2 aromatic carbocycles. The van der Waals surface area contributed by atoms with Crippen molar-refractivity contribution in [1.29, 1.82) is 0 Å². The zero-order valence-electron chi connectivity index (χ0n) is 22.5. The van der Waals surface area contributed by atoms with Gasteiger partial charge < -0.3 is 14.9 Å². The minimum Gasteiger partial charge on any atom is -0.497 e. The van der Waals surface area contributed by atoms with Crippen LogP contribution in [0.3, 0.4) is 0 Å². The molecule has 2 aliphatic rings. The van der Waals surface area contributed by atoms with Crippen molar-refractivity contribution in [1.82, 2.24) is 30.7 Å². The molecule has 5 rings (SSSR count). The molecule has 0 radical (unpaired) electrons. The number of aromatic nitrogens is 3. The molecule has 3 aromatic rings. The number of H-pyrrole nitrogens is 1. The van der Waals surface area contributed by atoms with E-state index in [-0.39, 0.29) is 17.7 Å². The Hall–Kier alpha value is -3.76. The minimum absolute atomic E-state index is 0.00594. The fraction of sp³-hybridized carbons (Fsp3) is 0.448. The monoisotopic (exact) mass is 532 g/mol. The molecule has 1 amide bonds. The number of likely N-dealkylation sites (tertiary alicyclic amines) is 1. The second-order valence-corrected chi connectivity index (χ2v) is 10.5. The lowest BCUT2D eigenvalue weighted by Crippen LogP contribution is -2.46. The summed E-state index contributed by atoms with van der Waals surface area (Å²) in [7, 11) is 1.62. The number of methoxy groups -OCH3 is 1. The molecule has 10 heteroatoms. The minimum atomic E-state index is -0.316. The van der Waals surface area contributed by atoms with Crippen LogP contribution in [0.1, 0.15) is 35.6 Å². The average Bonchev–Trinajstić information content (AvgIpc) is 3.63. The molecule has 206 valence electrons. The first kappa shape index (κ1) is 26.8. The molecule has 10 nitrogen and oxygen atoms in total. The van der Waals surface area contributed by atoms with Gasteiger partial charge in [0.2, 0.25) is 5.91 Å². The summed E-state index contributed by atoms with van der Waals surface area (Å²) in [5.74, 6) is 0.554. The van der Waals surface area contributed by atoms with E-state index in [9.17, 15) is 9.59 Å². The SMILES string of the molecule is COc1ccc(-c2n[nH]nc2C2CN(OC=O)CCC2C(=O)NCC2CCN(Cc3ccc(C)cc3)C2)cc1. The van der Waals surface area contributed by atoms with E-state index in [1.165, 1.54) is 11.1 Å². The second-order valence-electron chi connectivity index (χ2n) is 10.5. The maximum Gasteiger partial charge on any atom is 0.312 e. The number of rotatable bonds is 10. The van der Waals surface area contributed by atoms with Crippen LogP contribution in [0, 0.1) is 18.8 Å². The van der Waals surface area contributed by atoms with Gasteiger partial charge in [0, 0.05) is 50.1 Å². The number of carbonyl (C=O) groups is 2. The third-order valence-corrected chi connectivity index (χ3v) is 7.86. The smallest absolute Gasteiger partial charge is 0.312 e. The van der Waals surface area contributed by atoms with Crippen molar-refractivity contribution in [2.45, 2.75) is 32.2 Å². The normalized spacial score (nSPS) is 21.9. The number of hydrogen-bond acceptors (Lipinski definition) is 8. The van der Waals surface area contributed by atoms with Crippen molar-refractivity contribution >= 4 is 12.4 Å². The number of nitrogens with one attached hydrogen (secondary N) is 2. The first-order chi connectivity index (χ1) is 19.0. The van der Waals surface area contributed by atoms with Crippen LogP contribution >= 0.6 is 0 Å². The Bertz CT molecular complexity index is 1250. The van der Waals surface area contributed by atoms with Crippen molar-refractivity contribution < 1.29 is 19.2 Å². The first-order valence-electron chi connectivity index (χ1n) is 13.5. The van der Waals surface area contributed by atoms with Crippen LogP contribution in [0.2, 0.25) is 0 Å². The molecular weight excluding hydrogens is 496 g/mol. The zero-order valence-corrected chi connectivity index (χ0v) is 22.5. The van der Waals surface area contributed by atoms with Gasteiger partial charge in [-0.1, -0.05) is 29.8 Å². The summed E-state index contributed by atoms with van der Waals surface area (Å²) in [6, 6.07) is 16.2. The molecule has 2 N–H and O–H groups in total. The molecule has 3 atom stereocenters. The van der Waals surface area contributed by atoms with Crippen molar-refractivity contribution in [3.8, 4) is 17.0 Å². The largest absolute Gasteiger partial charge is 0.497 e. The summed E-state index contributed by atoms with van der Waals surface area (Å²) in [6.07, 6.45) is 1.61. The predicted octanol–water partition coefficient (Wildman–Crippen LogP) is 2.92. The van der Waals surface area contributed by atoms with Crippen LogP contribution in [0.5, 0.6) is 5.75 Å². The van der Waals surface area contributed by atoms with Gasteiger partial charge in [0.25, 0.3) is 0 Å². The summed E-state index contributed by atoms with van der Waals surface area (Å²) in [4.78, 5) is 32.2. The number of benzene rings is 2. The van der Waals surface area contributed by atoms with Gasteiger partial charge in [-0.25, -0.2) is 0 Å². The van der Waals surface area contributed by atoms with Crippen molar-refractivity contribution in [2.75, 3.05) is 39.8 Å². The highest BCUT2D eigenvalue weighted by molar-refractivity contribution is 5.80. The van der Waals surface area contributed by atoms with Gasteiger partial charge in [-0.2, -0.15) is 15.4 Å². The number of ether oxygens (including phenoxy) is 1. The Labute approximate surface area is 228 Å². The van der Waals surface area contributed by atoms with Crippen LogP contribution in [0.15, 0.2) is 48.5 Å². The summed E-state index contributed by atoms with van der Waals surface area (Å²) in [5, 5.41) is 16.4. The number of nitrogens with zero attached hydrogens (tertiary/aromatic N) is 4. The Morgan fingerprint density at radius 3 is 2.62 bits per heavy atom. The van der Waals surface area contributed by atoms with Crippen LogP contribution < -0.4 is 10.1 Å². The zero-order chi connectivity index (χ0) is 27.2. The molecule has 3 heterocycles. The molecule has 0 spiro atoms. The number of aromatic amines is 1. The molecule has 2 aliphatic heterocycles. The quantitative estimate of drug-likeness (QED) is 0.384. The Morgan fingerprint density at radius 1 is 1.08 bits per heavy atom. The Balaban J connectivity index is 1.24. The van der Waals surface area contributed by atoms with Gasteiger partial charge in [0.05, 0.1) is 12.8 Å². The predicted molar refractivity (Wildman–Crippen MR) is 146 cm³/mol. The molecule has 3 unspecified atom stereocenters. The van der Waals surface area contributed by atoms with Crippen molar-refractivity contribution in [3.63, 3.8) is 0 Å².